The molecule has 112 valence electrons. The first kappa shape index (κ1) is 16.4. The second-order valence-electron chi connectivity index (χ2n) is 3.99. The van der Waals surface area contributed by atoms with Crippen LogP contribution in [0.5, 0.6) is 0 Å². The summed E-state index contributed by atoms with van der Waals surface area (Å²) >= 11 is 15.0. The molecule has 0 spiro atoms. The molecule has 9 heteroatoms. The van der Waals surface area contributed by atoms with E-state index in [1.54, 1.807) is 25.2 Å². The minimum atomic E-state index is -3.78. The molecular weight excluding hydrogens is 401 g/mol. The predicted octanol–water partition coefficient (Wildman–Crippen LogP) is 3.99. The van der Waals surface area contributed by atoms with Crippen molar-refractivity contribution in [2.24, 2.45) is 0 Å². The van der Waals surface area contributed by atoms with Gasteiger partial charge >= 0.3 is 0 Å². The molecule has 1 aromatic heterocycles. The number of halogens is 3. The average molecular weight is 411 g/mol. The van der Waals surface area contributed by atoms with Crippen LogP contribution in [0.25, 0.3) is 0 Å². The average Bonchev–Trinajstić information content (AvgIpc) is 2.42. The number of rotatable bonds is 4. The molecule has 0 aliphatic heterocycles. The van der Waals surface area contributed by atoms with Crippen molar-refractivity contribution in [1.29, 1.82) is 0 Å². The molecule has 0 bridgehead atoms. The van der Waals surface area contributed by atoms with Crippen molar-refractivity contribution in [2.45, 2.75) is 4.90 Å². The van der Waals surface area contributed by atoms with E-state index in [2.05, 4.69) is 31.0 Å². The zero-order valence-electron chi connectivity index (χ0n) is 10.7. The van der Waals surface area contributed by atoms with Gasteiger partial charge in [-0.3, -0.25) is 4.72 Å². The SMILES string of the molecule is CNc1ncc(S(=O)(=O)Nc2ccc(Cl)c(Br)c2)cc1Cl. The summed E-state index contributed by atoms with van der Waals surface area (Å²) < 4.78 is 27.6. The summed E-state index contributed by atoms with van der Waals surface area (Å²) in [5.41, 5.74) is 0.375. The number of aromatic nitrogens is 1. The summed E-state index contributed by atoms with van der Waals surface area (Å²) in [6.45, 7) is 0. The van der Waals surface area contributed by atoms with Gasteiger partial charge in [0, 0.05) is 17.7 Å². The Morgan fingerprint density at radius 2 is 1.90 bits per heavy atom. The molecule has 0 aliphatic rings. The van der Waals surface area contributed by atoms with Gasteiger partial charge in [-0.25, -0.2) is 13.4 Å². The van der Waals surface area contributed by atoms with E-state index in [0.29, 0.717) is 21.0 Å². The van der Waals surface area contributed by atoms with Crippen LogP contribution in [0.1, 0.15) is 0 Å². The first-order valence-corrected chi connectivity index (χ1v) is 8.68. The van der Waals surface area contributed by atoms with Crippen molar-refractivity contribution in [3.05, 3.63) is 45.0 Å². The minimum absolute atomic E-state index is 0.0300. The number of pyridine rings is 1. The smallest absolute Gasteiger partial charge is 0.263 e. The molecule has 0 aliphatic carbocycles. The van der Waals surface area contributed by atoms with E-state index in [-0.39, 0.29) is 9.92 Å². The zero-order chi connectivity index (χ0) is 15.6. The molecule has 0 unspecified atom stereocenters. The van der Waals surface area contributed by atoms with E-state index in [1.807, 2.05) is 0 Å². The highest BCUT2D eigenvalue weighted by Crippen LogP contribution is 2.28. The highest BCUT2D eigenvalue weighted by Gasteiger charge is 2.17. The van der Waals surface area contributed by atoms with Gasteiger partial charge < -0.3 is 5.32 Å². The van der Waals surface area contributed by atoms with Crippen LogP contribution in [0, 0.1) is 0 Å². The van der Waals surface area contributed by atoms with E-state index in [1.165, 1.54) is 12.3 Å². The molecule has 21 heavy (non-hydrogen) atoms. The Bertz CT molecular complexity index is 784. The van der Waals surface area contributed by atoms with Crippen LogP contribution in [0.15, 0.2) is 39.8 Å². The number of nitrogens with one attached hydrogen (secondary N) is 2. The standard InChI is InChI=1S/C12H10BrCl2N3O2S/c1-16-12-11(15)5-8(6-17-12)21(19,20)18-7-2-3-10(14)9(13)4-7/h2-6,18H,1H3,(H,16,17). The van der Waals surface area contributed by atoms with Gasteiger partial charge in [-0.1, -0.05) is 23.2 Å². The largest absolute Gasteiger partial charge is 0.372 e. The fraction of sp³-hybridized carbons (Fsp3) is 0.0833. The number of sulfonamides is 1. The molecule has 2 N–H and O–H groups in total. The lowest BCUT2D eigenvalue weighted by Crippen LogP contribution is -2.13. The summed E-state index contributed by atoms with van der Waals surface area (Å²) in [5.74, 6) is 0.407. The van der Waals surface area contributed by atoms with Crippen molar-refractivity contribution in [1.82, 2.24) is 4.98 Å². The highest BCUT2D eigenvalue weighted by molar-refractivity contribution is 9.10. The quantitative estimate of drug-likeness (QED) is 0.799. The molecule has 5 nitrogen and oxygen atoms in total. The maximum atomic E-state index is 12.3. The third kappa shape index (κ3) is 3.79. The van der Waals surface area contributed by atoms with Gasteiger partial charge in [0.15, 0.2) is 0 Å². The van der Waals surface area contributed by atoms with Gasteiger partial charge in [-0.05, 0) is 40.2 Å². The molecule has 2 aromatic rings. The van der Waals surface area contributed by atoms with E-state index in [9.17, 15) is 8.42 Å². The van der Waals surface area contributed by atoms with Crippen LogP contribution < -0.4 is 10.0 Å². The van der Waals surface area contributed by atoms with Gasteiger partial charge in [0.2, 0.25) is 0 Å². The predicted molar refractivity (Wildman–Crippen MR) is 88.8 cm³/mol. The number of nitrogens with zero attached hydrogens (tertiary/aromatic N) is 1. The van der Waals surface area contributed by atoms with Crippen LogP contribution in [0.4, 0.5) is 11.5 Å². The third-order valence-electron chi connectivity index (χ3n) is 2.54. The maximum Gasteiger partial charge on any atom is 0.263 e. The first-order valence-electron chi connectivity index (χ1n) is 5.64. The summed E-state index contributed by atoms with van der Waals surface area (Å²) in [6, 6.07) is 6.03. The first-order chi connectivity index (χ1) is 9.83. The fourth-order valence-corrected chi connectivity index (χ4v) is 3.37. The van der Waals surface area contributed by atoms with Crippen molar-refractivity contribution >= 4 is 60.7 Å². The summed E-state index contributed by atoms with van der Waals surface area (Å²) in [7, 11) is -2.13. The highest BCUT2D eigenvalue weighted by atomic mass is 79.9. The lowest BCUT2D eigenvalue weighted by molar-refractivity contribution is 0.601. The normalized spacial score (nSPS) is 11.2. The number of hydrogen-bond donors (Lipinski definition) is 2. The van der Waals surface area contributed by atoms with Crippen molar-refractivity contribution in [3.63, 3.8) is 0 Å². The fourth-order valence-electron chi connectivity index (χ4n) is 1.52. The molecule has 1 heterocycles. The Labute approximate surface area is 140 Å². The molecule has 2 rings (SSSR count). The topological polar surface area (TPSA) is 71.1 Å². The Balaban J connectivity index is 2.33. The zero-order valence-corrected chi connectivity index (χ0v) is 14.6. The second kappa shape index (κ2) is 6.39. The minimum Gasteiger partial charge on any atom is -0.372 e. The molecule has 0 radical (unpaired) electrons. The molecule has 0 amide bonds. The summed E-state index contributed by atoms with van der Waals surface area (Å²) in [5, 5.41) is 3.47. The van der Waals surface area contributed by atoms with Gasteiger partial charge in [-0.15, -0.1) is 0 Å². The molecule has 0 saturated carbocycles. The van der Waals surface area contributed by atoms with Gasteiger partial charge in [-0.2, -0.15) is 0 Å². The van der Waals surface area contributed by atoms with Crippen LogP contribution >= 0.6 is 39.1 Å². The maximum absolute atomic E-state index is 12.3. The van der Waals surface area contributed by atoms with Gasteiger partial charge in [0.05, 0.1) is 15.7 Å². The van der Waals surface area contributed by atoms with Crippen LogP contribution in [-0.2, 0) is 10.0 Å². The molecule has 0 atom stereocenters. The second-order valence-corrected chi connectivity index (χ2v) is 7.34. The Kier molecular flexibility index (Phi) is 4.98. The number of anilines is 2. The van der Waals surface area contributed by atoms with Crippen molar-refractivity contribution in [2.75, 3.05) is 17.1 Å². The molecular formula is C12H10BrCl2N3O2S. The Hall–Kier alpha value is -1.02. The van der Waals surface area contributed by atoms with Crippen LogP contribution in [-0.4, -0.2) is 20.4 Å². The number of benzene rings is 1. The summed E-state index contributed by atoms with van der Waals surface area (Å²) in [6.07, 6.45) is 1.23. The van der Waals surface area contributed by atoms with Crippen LogP contribution in [0.2, 0.25) is 10.0 Å². The van der Waals surface area contributed by atoms with Crippen LogP contribution in [0.3, 0.4) is 0 Å². The lowest BCUT2D eigenvalue weighted by Gasteiger charge is -2.10. The molecule has 0 saturated heterocycles. The van der Waals surface area contributed by atoms with E-state index in [4.69, 9.17) is 23.2 Å². The number of hydrogen-bond acceptors (Lipinski definition) is 4. The molecule has 1 aromatic carbocycles. The monoisotopic (exact) mass is 409 g/mol. The van der Waals surface area contributed by atoms with E-state index in [0.717, 1.165) is 0 Å². The summed E-state index contributed by atoms with van der Waals surface area (Å²) in [4.78, 5) is 3.91. The lowest BCUT2D eigenvalue weighted by atomic mass is 10.3. The third-order valence-corrected chi connectivity index (χ3v) is 5.39. The van der Waals surface area contributed by atoms with Crippen molar-refractivity contribution in [3.8, 4) is 0 Å². The van der Waals surface area contributed by atoms with E-state index >= 15 is 0 Å². The van der Waals surface area contributed by atoms with Gasteiger partial charge in [0.1, 0.15) is 10.7 Å². The Morgan fingerprint density at radius 3 is 2.48 bits per heavy atom. The van der Waals surface area contributed by atoms with E-state index < -0.39 is 10.0 Å². The molecule has 0 fully saturated rings. The van der Waals surface area contributed by atoms with Crippen molar-refractivity contribution < 1.29 is 8.42 Å². The van der Waals surface area contributed by atoms with Gasteiger partial charge in [0.25, 0.3) is 10.0 Å². The Morgan fingerprint density at radius 1 is 1.19 bits per heavy atom.